The van der Waals surface area contributed by atoms with Crippen LogP contribution in [0.2, 0.25) is 0 Å². The van der Waals surface area contributed by atoms with Crippen LogP contribution in [0.1, 0.15) is 26.2 Å². The van der Waals surface area contributed by atoms with Crippen LogP contribution in [0, 0.1) is 5.92 Å². The van der Waals surface area contributed by atoms with E-state index >= 15 is 0 Å². The predicted molar refractivity (Wildman–Crippen MR) is 56.3 cm³/mol. The second-order valence-electron chi connectivity index (χ2n) is 4.27. The zero-order valence-electron chi connectivity index (χ0n) is 8.59. The first-order valence-electron chi connectivity index (χ1n) is 5.32. The van der Waals surface area contributed by atoms with E-state index in [1.54, 1.807) is 0 Å². The molecule has 1 fully saturated rings. The fraction of sp³-hybridized carbons (Fsp3) is 0.727. The summed E-state index contributed by atoms with van der Waals surface area (Å²) in [7, 11) is 0. The molecule has 0 spiro atoms. The molecule has 0 saturated carbocycles. The maximum absolute atomic E-state index is 13.1. The van der Waals surface area contributed by atoms with Crippen LogP contribution in [-0.2, 0) is 0 Å². The predicted octanol–water partition coefficient (Wildman–Crippen LogP) is 2.07. The van der Waals surface area contributed by atoms with Crippen molar-refractivity contribution in [2.75, 3.05) is 13.1 Å². The number of aliphatic imine (C=N–C) groups is 1. The van der Waals surface area contributed by atoms with E-state index in [-0.39, 0.29) is 0 Å². The third-order valence-corrected chi connectivity index (χ3v) is 2.90. The van der Waals surface area contributed by atoms with Gasteiger partial charge in [-0.2, -0.15) is 0 Å². The zero-order chi connectivity index (χ0) is 9.97. The highest BCUT2D eigenvalue weighted by atomic mass is 19.1. The largest absolute Gasteiger partial charge is 0.316 e. The van der Waals surface area contributed by atoms with Crippen molar-refractivity contribution >= 4 is 5.71 Å². The van der Waals surface area contributed by atoms with E-state index < -0.39 is 6.30 Å². The number of nitrogens with zero attached hydrogens (tertiary/aromatic N) is 1. The number of hydrogen-bond acceptors (Lipinski definition) is 2. The summed E-state index contributed by atoms with van der Waals surface area (Å²) in [4.78, 5) is 3.87. The van der Waals surface area contributed by atoms with Crippen molar-refractivity contribution in [3.05, 3.63) is 11.6 Å². The van der Waals surface area contributed by atoms with Gasteiger partial charge in [-0.05, 0) is 44.8 Å². The van der Waals surface area contributed by atoms with E-state index in [1.165, 1.54) is 12.0 Å². The first-order valence-corrected chi connectivity index (χ1v) is 5.32. The molecule has 0 amide bonds. The molecule has 0 aromatic heterocycles. The van der Waals surface area contributed by atoms with Crippen molar-refractivity contribution in [1.29, 1.82) is 0 Å². The molecule has 2 aliphatic rings. The second kappa shape index (κ2) is 4.22. The van der Waals surface area contributed by atoms with E-state index in [0.29, 0.717) is 12.3 Å². The maximum Gasteiger partial charge on any atom is 0.193 e. The maximum atomic E-state index is 13.1. The SMILES string of the molecule is CC1=NC(F)CC(CC2CCNC2)=C1. The highest BCUT2D eigenvalue weighted by Gasteiger charge is 2.19. The standard InChI is InChI=1S/C11H17FN2/c1-8-4-10(6-11(12)14-8)5-9-2-3-13-7-9/h4,9,11,13H,2-3,5-7H2,1H3. The van der Waals surface area contributed by atoms with Gasteiger partial charge in [0.2, 0.25) is 0 Å². The molecule has 2 unspecified atom stereocenters. The summed E-state index contributed by atoms with van der Waals surface area (Å²) >= 11 is 0. The topological polar surface area (TPSA) is 24.4 Å². The third-order valence-electron chi connectivity index (χ3n) is 2.90. The average molecular weight is 196 g/mol. The molecule has 78 valence electrons. The molecule has 0 aromatic carbocycles. The molecule has 3 heteroatoms. The minimum Gasteiger partial charge on any atom is -0.316 e. The summed E-state index contributed by atoms with van der Waals surface area (Å²) in [5.74, 6) is 0.708. The van der Waals surface area contributed by atoms with Gasteiger partial charge in [-0.3, -0.25) is 4.99 Å². The molecular formula is C11H17FN2. The van der Waals surface area contributed by atoms with Crippen LogP contribution in [0.5, 0.6) is 0 Å². The van der Waals surface area contributed by atoms with E-state index in [0.717, 1.165) is 25.2 Å². The Bertz CT molecular complexity index is 264. The zero-order valence-corrected chi connectivity index (χ0v) is 8.59. The normalized spacial score (nSPS) is 32.7. The molecule has 14 heavy (non-hydrogen) atoms. The summed E-state index contributed by atoms with van der Waals surface area (Å²) in [5, 5.41) is 3.33. The lowest BCUT2D eigenvalue weighted by Gasteiger charge is -2.17. The van der Waals surface area contributed by atoms with Gasteiger partial charge in [0.1, 0.15) is 0 Å². The van der Waals surface area contributed by atoms with E-state index in [1.807, 2.05) is 6.92 Å². The molecule has 2 atom stereocenters. The Balaban J connectivity index is 1.94. The summed E-state index contributed by atoms with van der Waals surface area (Å²) in [5.41, 5.74) is 2.07. The Morgan fingerprint density at radius 3 is 3.14 bits per heavy atom. The number of halogens is 1. The Kier molecular flexibility index (Phi) is 2.96. The Labute approximate surface area is 84.3 Å². The molecule has 0 bridgehead atoms. The van der Waals surface area contributed by atoms with Crippen LogP contribution in [0.4, 0.5) is 4.39 Å². The van der Waals surface area contributed by atoms with E-state index in [9.17, 15) is 4.39 Å². The fourth-order valence-electron chi connectivity index (χ4n) is 2.28. The number of rotatable bonds is 2. The molecule has 0 radical (unpaired) electrons. The van der Waals surface area contributed by atoms with E-state index in [4.69, 9.17) is 0 Å². The fourth-order valence-corrected chi connectivity index (χ4v) is 2.28. The van der Waals surface area contributed by atoms with Crippen LogP contribution in [0.15, 0.2) is 16.6 Å². The number of hydrogen-bond donors (Lipinski definition) is 1. The molecule has 2 heterocycles. The minimum atomic E-state index is -0.996. The smallest absolute Gasteiger partial charge is 0.193 e. The van der Waals surface area contributed by atoms with Crippen molar-refractivity contribution < 1.29 is 4.39 Å². The first-order chi connectivity index (χ1) is 6.74. The molecule has 0 aliphatic carbocycles. The highest BCUT2D eigenvalue weighted by molar-refractivity contribution is 5.94. The van der Waals surface area contributed by atoms with Crippen molar-refractivity contribution in [2.45, 2.75) is 32.5 Å². The lowest BCUT2D eigenvalue weighted by molar-refractivity contribution is 0.336. The Morgan fingerprint density at radius 2 is 2.50 bits per heavy atom. The van der Waals surface area contributed by atoms with Crippen molar-refractivity contribution in [3.8, 4) is 0 Å². The molecule has 2 nitrogen and oxygen atoms in total. The number of dihydropyridines is 1. The average Bonchev–Trinajstić information content (AvgIpc) is 2.54. The summed E-state index contributed by atoms with van der Waals surface area (Å²) < 4.78 is 13.1. The highest BCUT2D eigenvalue weighted by Crippen LogP contribution is 2.25. The van der Waals surface area contributed by atoms with Gasteiger partial charge in [0.15, 0.2) is 6.30 Å². The van der Waals surface area contributed by atoms with Crippen LogP contribution in [0.25, 0.3) is 0 Å². The summed E-state index contributed by atoms with van der Waals surface area (Å²) in [6.45, 7) is 4.08. The molecule has 2 aliphatic heterocycles. The summed E-state index contributed by atoms with van der Waals surface area (Å²) in [6, 6.07) is 0. The van der Waals surface area contributed by atoms with Gasteiger partial charge >= 0.3 is 0 Å². The lowest BCUT2D eigenvalue weighted by Crippen LogP contribution is -2.13. The van der Waals surface area contributed by atoms with Crippen LogP contribution in [-0.4, -0.2) is 25.1 Å². The monoisotopic (exact) mass is 196 g/mol. The minimum absolute atomic E-state index is 0.508. The molecular weight excluding hydrogens is 179 g/mol. The first kappa shape index (κ1) is 9.84. The number of allylic oxidation sites excluding steroid dienone is 1. The van der Waals surface area contributed by atoms with Gasteiger partial charge in [-0.1, -0.05) is 5.57 Å². The van der Waals surface area contributed by atoms with Crippen LogP contribution < -0.4 is 5.32 Å². The van der Waals surface area contributed by atoms with Crippen molar-refractivity contribution in [2.24, 2.45) is 10.9 Å². The Hall–Kier alpha value is -0.700. The van der Waals surface area contributed by atoms with Gasteiger partial charge in [-0.25, -0.2) is 4.39 Å². The number of alkyl halides is 1. The Morgan fingerprint density at radius 1 is 1.64 bits per heavy atom. The third kappa shape index (κ3) is 2.41. The number of nitrogens with one attached hydrogen (secondary N) is 1. The van der Waals surface area contributed by atoms with Crippen LogP contribution in [0.3, 0.4) is 0 Å². The van der Waals surface area contributed by atoms with Gasteiger partial charge in [0, 0.05) is 12.1 Å². The summed E-state index contributed by atoms with van der Waals surface area (Å²) in [6.07, 6.45) is 3.83. The van der Waals surface area contributed by atoms with Gasteiger partial charge in [0.25, 0.3) is 0 Å². The quantitative estimate of drug-likeness (QED) is 0.672. The van der Waals surface area contributed by atoms with Crippen molar-refractivity contribution in [3.63, 3.8) is 0 Å². The second-order valence-corrected chi connectivity index (χ2v) is 4.27. The molecule has 1 N–H and O–H groups in total. The van der Waals surface area contributed by atoms with Gasteiger partial charge in [0.05, 0.1) is 0 Å². The lowest BCUT2D eigenvalue weighted by atomic mass is 9.94. The molecule has 2 rings (SSSR count). The van der Waals surface area contributed by atoms with Gasteiger partial charge < -0.3 is 5.32 Å². The molecule has 0 aromatic rings. The molecule has 1 saturated heterocycles. The van der Waals surface area contributed by atoms with Gasteiger partial charge in [-0.15, -0.1) is 0 Å². The van der Waals surface area contributed by atoms with Crippen LogP contribution >= 0.6 is 0 Å². The van der Waals surface area contributed by atoms with Crippen molar-refractivity contribution in [1.82, 2.24) is 5.32 Å². The van der Waals surface area contributed by atoms with E-state index in [2.05, 4.69) is 16.4 Å².